The first kappa shape index (κ1) is 14.5. The highest BCUT2D eigenvalue weighted by Crippen LogP contribution is 2.21. The molecule has 0 aliphatic heterocycles. The Labute approximate surface area is 124 Å². The topological polar surface area (TPSA) is 79.3 Å². The van der Waals surface area contributed by atoms with Gasteiger partial charge in [-0.1, -0.05) is 23.7 Å². The Morgan fingerprint density at radius 3 is 2.75 bits per heavy atom. The molecular formula is C13H11ClN2O3S. The molecule has 2 N–H and O–H groups in total. The SMILES string of the molecule is O=C(O)Cc1csc(CC(=O)Nc2ccccc2Cl)n1. The van der Waals surface area contributed by atoms with Crippen molar-refractivity contribution in [1.29, 1.82) is 0 Å². The van der Waals surface area contributed by atoms with Crippen LogP contribution in [0.25, 0.3) is 0 Å². The highest BCUT2D eigenvalue weighted by molar-refractivity contribution is 7.09. The van der Waals surface area contributed by atoms with E-state index in [9.17, 15) is 9.59 Å². The van der Waals surface area contributed by atoms with Gasteiger partial charge in [-0.25, -0.2) is 4.98 Å². The van der Waals surface area contributed by atoms with Crippen molar-refractivity contribution < 1.29 is 14.7 Å². The zero-order valence-electron chi connectivity index (χ0n) is 10.3. The van der Waals surface area contributed by atoms with Crippen molar-refractivity contribution in [2.45, 2.75) is 12.8 Å². The molecule has 0 spiro atoms. The van der Waals surface area contributed by atoms with Crippen molar-refractivity contribution in [3.8, 4) is 0 Å². The van der Waals surface area contributed by atoms with Gasteiger partial charge in [-0.2, -0.15) is 0 Å². The Hall–Kier alpha value is -1.92. The molecule has 5 nitrogen and oxygen atoms in total. The number of nitrogens with one attached hydrogen (secondary N) is 1. The minimum Gasteiger partial charge on any atom is -0.481 e. The predicted molar refractivity (Wildman–Crippen MR) is 77.2 cm³/mol. The summed E-state index contributed by atoms with van der Waals surface area (Å²) in [4.78, 5) is 26.5. The third-order valence-electron chi connectivity index (χ3n) is 2.39. The fourth-order valence-corrected chi connectivity index (χ4v) is 2.54. The number of carboxylic acids is 1. The Morgan fingerprint density at radius 2 is 2.05 bits per heavy atom. The monoisotopic (exact) mass is 310 g/mol. The number of benzene rings is 1. The lowest BCUT2D eigenvalue weighted by atomic mass is 10.3. The quantitative estimate of drug-likeness (QED) is 0.889. The maximum atomic E-state index is 11.8. The number of aliphatic carboxylic acids is 1. The molecule has 1 heterocycles. The van der Waals surface area contributed by atoms with Crippen molar-refractivity contribution in [2.75, 3.05) is 5.32 Å². The molecule has 0 atom stereocenters. The normalized spacial score (nSPS) is 10.2. The van der Waals surface area contributed by atoms with E-state index in [1.54, 1.807) is 29.6 Å². The standard InChI is InChI=1S/C13H11ClN2O3S/c14-9-3-1-2-4-10(9)16-11(17)6-12-15-8(7-20-12)5-13(18)19/h1-4,7H,5-6H2,(H,16,17)(H,18,19). The number of thiazole rings is 1. The Balaban J connectivity index is 1.96. The van der Waals surface area contributed by atoms with E-state index >= 15 is 0 Å². The molecule has 2 rings (SSSR count). The largest absolute Gasteiger partial charge is 0.481 e. The second-order valence-electron chi connectivity index (χ2n) is 4.01. The zero-order chi connectivity index (χ0) is 14.5. The van der Waals surface area contributed by atoms with Gasteiger partial charge in [0, 0.05) is 5.38 Å². The van der Waals surface area contributed by atoms with Crippen molar-refractivity contribution in [3.63, 3.8) is 0 Å². The highest BCUT2D eigenvalue weighted by atomic mass is 35.5. The van der Waals surface area contributed by atoms with Gasteiger partial charge in [0.05, 0.1) is 29.2 Å². The molecule has 20 heavy (non-hydrogen) atoms. The van der Waals surface area contributed by atoms with Gasteiger partial charge in [0.1, 0.15) is 5.01 Å². The lowest BCUT2D eigenvalue weighted by Crippen LogP contribution is -2.14. The average Bonchev–Trinajstić information content (AvgIpc) is 2.78. The number of aromatic nitrogens is 1. The molecule has 0 aliphatic carbocycles. The number of carboxylic acid groups (broad SMARTS) is 1. The number of nitrogens with zero attached hydrogens (tertiary/aromatic N) is 1. The second-order valence-corrected chi connectivity index (χ2v) is 5.36. The van der Waals surface area contributed by atoms with Gasteiger partial charge < -0.3 is 10.4 Å². The number of carbonyl (C=O) groups excluding carboxylic acids is 1. The summed E-state index contributed by atoms with van der Waals surface area (Å²) < 4.78 is 0. The van der Waals surface area contributed by atoms with E-state index in [0.717, 1.165) is 0 Å². The second kappa shape index (κ2) is 6.49. The molecular weight excluding hydrogens is 300 g/mol. The molecule has 7 heteroatoms. The van der Waals surface area contributed by atoms with Crippen LogP contribution >= 0.6 is 22.9 Å². The molecule has 0 fully saturated rings. The fourth-order valence-electron chi connectivity index (χ4n) is 1.56. The van der Waals surface area contributed by atoms with Gasteiger partial charge in [0.15, 0.2) is 0 Å². The number of halogens is 1. The molecule has 1 amide bonds. The average molecular weight is 311 g/mol. The molecule has 0 aliphatic rings. The maximum absolute atomic E-state index is 11.8. The zero-order valence-corrected chi connectivity index (χ0v) is 11.9. The number of para-hydroxylation sites is 1. The predicted octanol–water partition coefficient (Wildman–Crippen LogP) is 2.60. The van der Waals surface area contributed by atoms with Gasteiger partial charge in [-0.15, -0.1) is 11.3 Å². The van der Waals surface area contributed by atoms with Gasteiger partial charge in [0.2, 0.25) is 5.91 Å². The van der Waals surface area contributed by atoms with E-state index in [1.807, 2.05) is 0 Å². The summed E-state index contributed by atoms with van der Waals surface area (Å²) >= 11 is 7.21. The number of anilines is 1. The summed E-state index contributed by atoms with van der Waals surface area (Å²) in [6, 6.07) is 6.94. The molecule has 2 aromatic rings. The van der Waals surface area contributed by atoms with Crippen LogP contribution in [0.3, 0.4) is 0 Å². The van der Waals surface area contributed by atoms with Crippen LogP contribution < -0.4 is 5.32 Å². The van der Waals surface area contributed by atoms with Crippen LogP contribution in [0.1, 0.15) is 10.7 Å². The van der Waals surface area contributed by atoms with Gasteiger partial charge in [-0.3, -0.25) is 9.59 Å². The van der Waals surface area contributed by atoms with Crippen LogP contribution in [0, 0.1) is 0 Å². The van der Waals surface area contributed by atoms with Crippen molar-refractivity contribution in [2.24, 2.45) is 0 Å². The number of rotatable bonds is 5. The van der Waals surface area contributed by atoms with E-state index < -0.39 is 5.97 Å². The first-order valence-electron chi connectivity index (χ1n) is 5.74. The van der Waals surface area contributed by atoms with Crippen LogP contribution in [0.2, 0.25) is 5.02 Å². The van der Waals surface area contributed by atoms with Crippen LogP contribution in [0.15, 0.2) is 29.6 Å². The van der Waals surface area contributed by atoms with Crippen LogP contribution in [0.4, 0.5) is 5.69 Å². The summed E-state index contributed by atoms with van der Waals surface area (Å²) in [5, 5.41) is 14.0. The first-order valence-corrected chi connectivity index (χ1v) is 7.00. The Morgan fingerprint density at radius 1 is 1.30 bits per heavy atom. The summed E-state index contributed by atoms with van der Waals surface area (Å²) in [6.45, 7) is 0. The number of amides is 1. The third-order valence-corrected chi connectivity index (χ3v) is 3.62. The summed E-state index contributed by atoms with van der Waals surface area (Å²) in [5.74, 6) is -1.18. The lowest BCUT2D eigenvalue weighted by Gasteiger charge is -2.05. The van der Waals surface area contributed by atoms with Crippen LogP contribution in [-0.4, -0.2) is 22.0 Å². The van der Waals surface area contributed by atoms with Gasteiger partial charge in [0.25, 0.3) is 0 Å². The Kier molecular flexibility index (Phi) is 4.70. The third kappa shape index (κ3) is 4.04. The van der Waals surface area contributed by atoms with Crippen molar-refractivity contribution in [1.82, 2.24) is 4.98 Å². The molecule has 0 radical (unpaired) electrons. The number of hydrogen-bond donors (Lipinski definition) is 2. The van der Waals surface area contributed by atoms with E-state index in [4.69, 9.17) is 16.7 Å². The molecule has 0 saturated carbocycles. The first-order chi connectivity index (χ1) is 9.54. The molecule has 1 aromatic heterocycles. The van der Waals surface area contributed by atoms with Crippen molar-refractivity contribution >= 4 is 40.5 Å². The van der Waals surface area contributed by atoms with E-state index in [-0.39, 0.29) is 18.7 Å². The molecule has 0 saturated heterocycles. The molecule has 0 unspecified atom stereocenters. The maximum Gasteiger partial charge on any atom is 0.309 e. The minimum atomic E-state index is -0.942. The Bertz CT molecular complexity index is 642. The van der Waals surface area contributed by atoms with Crippen LogP contribution in [0.5, 0.6) is 0 Å². The molecule has 0 bridgehead atoms. The fraction of sp³-hybridized carbons (Fsp3) is 0.154. The van der Waals surface area contributed by atoms with Crippen molar-refractivity contribution in [3.05, 3.63) is 45.4 Å². The minimum absolute atomic E-state index is 0.0928. The van der Waals surface area contributed by atoms with Gasteiger partial charge in [-0.05, 0) is 12.1 Å². The highest BCUT2D eigenvalue weighted by Gasteiger charge is 2.11. The van der Waals surface area contributed by atoms with Gasteiger partial charge >= 0.3 is 5.97 Å². The summed E-state index contributed by atoms with van der Waals surface area (Å²) in [6.07, 6.45) is -0.0435. The van der Waals surface area contributed by atoms with E-state index in [2.05, 4.69) is 10.3 Å². The number of carbonyl (C=O) groups is 2. The van der Waals surface area contributed by atoms with Crippen LogP contribution in [-0.2, 0) is 22.4 Å². The molecule has 1 aromatic carbocycles. The number of hydrogen-bond acceptors (Lipinski definition) is 4. The summed E-state index contributed by atoms with van der Waals surface area (Å²) in [5.41, 5.74) is 1.00. The summed E-state index contributed by atoms with van der Waals surface area (Å²) in [7, 11) is 0. The molecule has 104 valence electrons. The van der Waals surface area contributed by atoms with E-state index in [1.165, 1.54) is 11.3 Å². The van der Waals surface area contributed by atoms with E-state index in [0.29, 0.717) is 21.4 Å². The lowest BCUT2D eigenvalue weighted by molar-refractivity contribution is -0.136. The smallest absolute Gasteiger partial charge is 0.309 e.